The molecule has 2 nitrogen and oxygen atoms in total. The summed E-state index contributed by atoms with van der Waals surface area (Å²) in [6, 6.07) is 0. The van der Waals surface area contributed by atoms with Crippen LogP contribution in [0.2, 0.25) is 0 Å². The molecule has 2 aliphatic rings. The molecule has 2 heterocycles. The van der Waals surface area contributed by atoms with Gasteiger partial charge in [0.15, 0.2) is 0 Å². The number of nitrogens with zero attached hydrogens (tertiary/aromatic N) is 2. The first kappa shape index (κ1) is 13.3. The van der Waals surface area contributed by atoms with Crippen molar-refractivity contribution in [2.45, 2.75) is 38.8 Å². The van der Waals surface area contributed by atoms with Gasteiger partial charge in [0.05, 0.1) is 0 Å². The van der Waals surface area contributed by atoms with Crippen LogP contribution >= 0.6 is 0 Å². The number of rotatable bonds is 3. The lowest BCUT2D eigenvalue weighted by molar-refractivity contribution is 0.0626. The molecular weight excluding hydrogens is 215 g/mol. The average Bonchev–Trinajstić information content (AvgIpc) is 2.32. The van der Waals surface area contributed by atoms with E-state index in [9.17, 15) is 4.39 Å². The van der Waals surface area contributed by atoms with Crippen LogP contribution in [-0.2, 0) is 0 Å². The van der Waals surface area contributed by atoms with Gasteiger partial charge in [-0.05, 0) is 57.8 Å². The second-order valence-electron chi connectivity index (χ2n) is 5.98. The van der Waals surface area contributed by atoms with E-state index in [2.05, 4.69) is 23.8 Å². The van der Waals surface area contributed by atoms with Crippen LogP contribution < -0.4 is 0 Å². The fourth-order valence-corrected chi connectivity index (χ4v) is 3.25. The van der Waals surface area contributed by atoms with Gasteiger partial charge >= 0.3 is 0 Å². The van der Waals surface area contributed by atoms with E-state index in [1.165, 1.54) is 25.9 Å². The molecule has 2 aliphatic heterocycles. The predicted octanol–water partition coefficient (Wildman–Crippen LogP) is 2.40. The molecule has 2 atom stereocenters. The SMILES string of the molecule is CC[C@@H]1CCN(CC2CCN(C)CC2)C[C@H]1F. The Kier molecular flexibility index (Phi) is 4.80. The maximum Gasteiger partial charge on any atom is 0.116 e. The third kappa shape index (κ3) is 3.65. The first-order chi connectivity index (χ1) is 8.19. The van der Waals surface area contributed by atoms with Crippen molar-refractivity contribution < 1.29 is 4.39 Å². The van der Waals surface area contributed by atoms with Crippen LogP contribution in [0.25, 0.3) is 0 Å². The van der Waals surface area contributed by atoms with E-state index in [0.29, 0.717) is 12.5 Å². The maximum atomic E-state index is 13.9. The molecular formula is C14H27FN2. The van der Waals surface area contributed by atoms with Crippen LogP contribution in [0.1, 0.15) is 32.6 Å². The predicted molar refractivity (Wildman–Crippen MR) is 70.0 cm³/mol. The summed E-state index contributed by atoms with van der Waals surface area (Å²) in [7, 11) is 2.19. The van der Waals surface area contributed by atoms with Crippen LogP contribution in [0.4, 0.5) is 4.39 Å². The van der Waals surface area contributed by atoms with Gasteiger partial charge in [-0.25, -0.2) is 4.39 Å². The smallest absolute Gasteiger partial charge is 0.116 e. The van der Waals surface area contributed by atoms with Crippen molar-refractivity contribution in [3.05, 3.63) is 0 Å². The number of piperidine rings is 2. The Hall–Kier alpha value is -0.150. The molecule has 0 aromatic rings. The highest BCUT2D eigenvalue weighted by molar-refractivity contribution is 4.82. The lowest BCUT2D eigenvalue weighted by Gasteiger charge is -2.38. The second-order valence-corrected chi connectivity index (χ2v) is 5.98. The van der Waals surface area contributed by atoms with Crippen molar-refractivity contribution in [2.24, 2.45) is 11.8 Å². The lowest BCUT2D eigenvalue weighted by Crippen LogP contribution is -2.45. The van der Waals surface area contributed by atoms with Gasteiger partial charge in [0.2, 0.25) is 0 Å². The van der Waals surface area contributed by atoms with Crippen LogP contribution in [0.3, 0.4) is 0 Å². The summed E-state index contributed by atoms with van der Waals surface area (Å²) in [5.41, 5.74) is 0. The second kappa shape index (κ2) is 6.14. The highest BCUT2D eigenvalue weighted by Crippen LogP contribution is 2.25. The molecule has 0 radical (unpaired) electrons. The molecule has 0 unspecified atom stereocenters. The van der Waals surface area contributed by atoms with Crippen molar-refractivity contribution in [3.8, 4) is 0 Å². The average molecular weight is 242 g/mol. The Morgan fingerprint density at radius 2 is 1.82 bits per heavy atom. The quantitative estimate of drug-likeness (QED) is 0.750. The van der Waals surface area contributed by atoms with Gasteiger partial charge in [-0.1, -0.05) is 13.3 Å². The van der Waals surface area contributed by atoms with Crippen LogP contribution in [0.5, 0.6) is 0 Å². The number of alkyl halides is 1. The minimum absolute atomic E-state index is 0.323. The number of halogens is 1. The Morgan fingerprint density at radius 3 is 2.41 bits per heavy atom. The summed E-state index contributed by atoms with van der Waals surface area (Å²) in [5, 5.41) is 0. The molecule has 2 fully saturated rings. The zero-order chi connectivity index (χ0) is 12.3. The molecule has 0 bridgehead atoms. The van der Waals surface area contributed by atoms with Crippen LogP contribution in [0, 0.1) is 11.8 Å². The van der Waals surface area contributed by atoms with Gasteiger partial charge < -0.3 is 9.80 Å². The summed E-state index contributed by atoms with van der Waals surface area (Å²) in [4.78, 5) is 4.77. The molecule has 3 heteroatoms. The molecule has 2 saturated heterocycles. The molecule has 0 aromatic heterocycles. The molecule has 17 heavy (non-hydrogen) atoms. The minimum atomic E-state index is -0.583. The van der Waals surface area contributed by atoms with Crippen molar-refractivity contribution in [1.29, 1.82) is 0 Å². The van der Waals surface area contributed by atoms with Gasteiger partial charge in [-0.3, -0.25) is 0 Å². The number of likely N-dealkylation sites (tertiary alicyclic amines) is 2. The summed E-state index contributed by atoms with van der Waals surface area (Å²) in [5.74, 6) is 1.13. The van der Waals surface area contributed by atoms with E-state index in [-0.39, 0.29) is 0 Å². The van der Waals surface area contributed by atoms with Gasteiger partial charge in [-0.2, -0.15) is 0 Å². The molecule has 0 aliphatic carbocycles. The normalized spacial score (nSPS) is 34.1. The van der Waals surface area contributed by atoms with Crippen molar-refractivity contribution >= 4 is 0 Å². The monoisotopic (exact) mass is 242 g/mol. The molecule has 0 spiro atoms. The third-order valence-electron chi connectivity index (χ3n) is 4.64. The van der Waals surface area contributed by atoms with Crippen molar-refractivity contribution in [3.63, 3.8) is 0 Å². The Balaban J connectivity index is 1.73. The van der Waals surface area contributed by atoms with E-state index >= 15 is 0 Å². The largest absolute Gasteiger partial charge is 0.306 e. The third-order valence-corrected chi connectivity index (χ3v) is 4.64. The molecule has 2 rings (SSSR count). The minimum Gasteiger partial charge on any atom is -0.306 e. The number of hydrogen-bond acceptors (Lipinski definition) is 2. The lowest BCUT2D eigenvalue weighted by atomic mass is 9.90. The van der Waals surface area contributed by atoms with Gasteiger partial charge in [0, 0.05) is 13.1 Å². The summed E-state index contributed by atoms with van der Waals surface area (Å²) >= 11 is 0. The van der Waals surface area contributed by atoms with Gasteiger partial charge in [0.1, 0.15) is 6.17 Å². The molecule has 0 saturated carbocycles. The van der Waals surface area contributed by atoms with Crippen molar-refractivity contribution in [2.75, 3.05) is 39.8 Å². The summed E-state index contributed by atoms with van der Waals surface area (Å²) < 4.78 is 13.9. The fourth-order valence-electron chi connectivity index (χ4n) is 3.25. The molecule has 100 valence electrons. The topological polar surface area (TPSA) is 6.48 Å². The van der Waals surface area contributed by atoms with Gasteiger partial charge in [0.25, 0.3) is 0 Å². The Labute approximate surface area is 105 Å². The molecule has 0 aromatic carbocycles. The fraction of sp³-hybridized carbons (Fsp3) is 1.00. The zero-order valence-corrected chi connectivity index (χ0v) is 11.4. The number of hydrogen-bond donors (Lipinski definition) is 0. The standard InChI is InChI=1S/C14H27FN2/c1-3-13-6-9-17(11-14(13)15)10-12-4-7-16(2)8-5-12/h12-14H,3-11H2,1-2H3/t13-,14-/m1/s1. The molecule has 0 amide bonds. The van der Waals surface area contributed by atoms with E-state index in [1.807, 2.05) is 0 Å². The van der Waals surface area contributed by atoms with E-state index in [0.717, 1.165) is 31.8 Å². The summed E-state index contributed by atoms with van der Waals surface area (Å²) in [6.07, 6.45) is 4.07. The van der Waals surface area contributed by atoms with E-state index in [1.54, 1.807) is 0 Å². The maximum absolute atomic E-state index is 13.9. The van der Waals surface area contributed by atoms with Crippen LogP contribution in [-0.4, -0.2) is 55.7 Å². The van der Waals surface area contributed by atoms with Crippen molar-refractivity contribution in [1.82, 2.24) is 9.80 Å². The van der Waals surface area contributed by atoms with Crippen LogP contribution in [0.15, 0.2) is 0 Å². The van der Waals surface area contributed by atoms with Gasteiger partial charge in [-0.15, -0.1) is 0 Å². The molecule has 0 N–H and O–H groups in total. The first-order valence-corrected chi connectivity index (χ1v) is 7.24. The Morgan fingerprint density at radius 1 is 1.12 bits per heavy atom. The highest BCUT2D eigenvalue weighted by atomic mass is 19.1. The Bertz CT molecular complexity index is 226. The summed E-state index contributed by atoms with van der Waals surface area (Å²) in [6.45, 7) is 7.48. The van der Waals surface area contributed by atoms with E-state index < -0.39 is 6.17 Å². The van der Waals surface area contributed by atoms with E-state index in [4.69, 9.17) is 0 Å². The zero-order valence-electron chi connectivity index (χ0n) is 11.4. The first-order valence-electron chi connectivity index (χ1n) is 7.24. The highest BCUT2D eigenvalue weighted by Gasteiger charge is 2.29.